The summed E-state index contributed by atoms with van der Waals surface area (Å²) in [7, 11) is 0. The summed E-state index contributed by atoms with van der Waals surface area (Å²) in [5.41, 5.74) is 1.61. The number of nitrogens with one attached hydrogen (secondary N) is 1. The summed E-state index contributed by atoms with van der Waals surface area (Å²) in [6.07, 6.45) is 8.83. The summed E-state index contributed by atoms with van der Waals surface area (Å²) < 4.78 is 14.3. The Morgan fingerprint density at radius 1 is 1.08 bits per heavy atom. The summed E-state index contributed by atoms with van der Waals surface area (Å²) >= 11 is 1.55. The van der Waals surface area contributed by atoms with Crippen LogP contribution in [-0.4, -0.2) is 54.2 Å². The number of nitrogens with zero attached hydrogens (tertiary/aromatic N) is 2. The number of rotatable bonds is 11. The monoisotopic (exact) mass is 523 g/mol. The fraction of sp³-hybridized carbons (Fsp3) is 0.467. The maximum Gasteiger partial charge on any atom is 0.261 e. The number of carbonyl (C=O) groups is 2. The molecule has 2 fully saturated rings. The molecule has 198 valence electrons. The van der Waals surface area contributed by atoms with Crippen LogP contribution in [0, 0.1) is 5.82 Å². The van der Waals surface area contributed by atoms with Gasteiger partial charge in [-0.1, -0.05) is 62.6 Å². The van der Waals surface area contributed by atoms with Crippen molar-refractivity contribution in [3.05, 3.63) is 70.9 Å². The van der Waals surface area contributed by atoms with Crippen molar-refractivity contribution in [2.45, 2.75) is 63.2 Å². The molecular weight excluding hydrogens is 485 g/mol. The zero-order chi connectivity index (χ0) is 26.0. The van der Waals surface area contributed by atoms with E-state index >= 15 is 0 Å². The Hall–Kier alpha value is -2.80. The van der Waals surface area contributed by atoms with Gasteiger partial charge >= 0.3 is 0 Å². The van der Waals surface area contributed by atoms with E-state index in [0.29, 0.717) is 17.0 Å². The van der Waals surface area contributed by atoms with E-state index in [0.717, 1.165) is 58.0 Å². The molecule has 1 aliphatic carbocycles. The number of carbonyl (C=O) groups excluding carboxylic acids is 2. The molecule has 37 heavy (non-hydrogen) atoms. The smallest absolute Gasteiger partial charge is 0.261 e. The molecule has 0 aromatic heterocycles. The average Bonchev–Trinajstić information content (AvgIpc) is 2.92. The van der Waals surface area contributed by atoms with Crippen LogP contribution in [0.5, 0.6) is 0 Å². The maximum absolute atomic E-state index is 14.3. The highest BCUT2D eigenvalue weighted by atomic mass is 32.2. The molecule has 2 aromatic rings. The standard InChI is InChI=1S/C30H38FN3O2S/c1-2-3-19-33(24-13-5-4-6-14-24)20-11-18-32-29(35)22-34-26-16-9-10-17-27(26)37-28(30(34)36)21-23-12-7-8-15-25(23)31/h4-8,12-15,21,26-27H,2-3,9-11,16-20,22H2,1H3,(H,32,35)/b28-21-. The van der Waals surface area contributed by atoms with Gasteiger partial charge in [0.15, 0.2) is 0 Å². The maximum atomic E-state index is 14.3. The Balaban J connectivity index is 1.35. The topological polar surface area (TPSA) is 52.7 Å². The van der Waals surface area contributed by atoms with Crippen molar-refractivity contribution in [3.63, 3.8) is 0 Å². The molecule has 0 spiro atoms. The summed E-state index contributed by atoms with van der Waals surface area (Å²) in [6.45, 7) is 4.67. The number of hydrogen-bond donors (Lipinski definition) is 1. The first-order chi connectivity index (χ1) is 18.1. The van der Waals surface area contributed by atoms with Gasteiger partial charge in [0.05, 0.1) is 4.91 Å². The summed E-state index contributed by atoms with van der Waals surface area (Å²) in [4.78, 5) is 31.0. The first kappa shape index (κ1) is 27.2. The highest BCUT2D eigenvalue weighted by molar-refractivity contribution is 8.04. The zero-order valence-electron chi connectivity index (χ0n) is 21.7. The first-order valence-corrected chi connectivity index (χ1v) is 14.5. The van der Waals surface area contributed by atoms with Crippen LogP contribution < -0.4 is 10.2 Å². The molecule has 0 bridgehead atoms. The molecule has 1 heterocycles. The van der Waals surface area contributed by atoms with Crippen molar-refractivity contribution in [1.29, 1.82) is 0 Å². The number of para-hydroxylation sites is 1. The van der Waals surface area contributed by atoms with E-state index in [1.807, 2.05) is 6.07 Å². The largest absolute Gasteiger partial charge is 0.371 e. The minimum absolute atomic E-state index is 0.0490. The molecule has 1 saturated carbocycles. The Bertz CT molecular complexity index is 1080. The van der Waals surface area contributed by atoms with Crippen LogP contribution in [-0.2, 0) is 9.59 Å². The third-order valence-electron chi connectivity index (χ3n) is 7.15. The lowest BCUT2D eigenvalue weighted by Gasteiger charge is -2.43. The quantitative estimate of drug-likeness (QED) is 0.296. The van der Waals surface area contributed by atoms with Crippen LogP contribution in [0.4, 0.5) is 10.1 Å². The molecule has 4 rings (SSSR count). The molecule has 1 saturated heterocycles. The number of fused-ring (bicyclic) bond motifs is 1. The Labute approximate surface area is 224 Å². The molecular formula is C30H38FN3O2S. The lowest BCUT2D eigenvalue weighted by molar-refractivity contribution is -0.135. The van der Waals surface area contributed by atoms with E-state index in [9.17, 15) is 14.0 Å². The van der Waals surface area contributed by atoms with Gasteiger partial charge in [0, 0.05) is 42.2 Å². The lowest BCUT2D eigenvalue weighted by Crippen LogP contribution is -2.54. The lowest BCUT2D eigenvalue weighted by atomic mass is 9.93. The van der Waals surface area contributed by atoms with Gasteiger partial charge in [-0.2, -0.15) is 0 Å². The van der Waals surface area contributed by atoms with E-state index in [4.69, 9.17) is 0 Å². The van der Waals surface area contributed by atoms with Gasteiger partial charge in [-0.15, -0.1) is 11.8 Å². The third-order valence-corrected chi connectivity index (χ3v) is 8.55. The highest BCUT2D eigenvalue weighted by Crippen LogP contribution is 2.42. The summed E-state index contributed by atoms with van der Waals surface area (Å²) in [6, 6.07) is 16.9. The molecule has 2 aromatic carbocycles. The first-order valence-electron chi connectivity index (χ1n) is 13.6. The van der Waals surface area contributed by atoms with E-state index in [-0.39, 0.29) is 35.5 Å². The van der Waals surface area contributed by atoms with E-state index in [2.05, 4.69) is 41.4 Å². The van der Waals surface area contributed by atoms with E-state index < -0.39 is 0 Å². The van der Waals surface area contributed by atoms with Gasteiger partial charge in [-0.25, -0.2) is 4.39 Å². The van der Waals surface area contributed by atoms with Crippen molar-refractivity contribution >= 4 is 35.3 Å². The fourth-order valence-corrected chi connectivity index (χ4v) is 6.63. The van der Waals surface area contributed by atoms with Gasteiger partial charge < -0.3 is 15.1 Å². The minimum Gasteiger partial charge on any atom is -0.371 e. The second kappa shape index (κ2) is 13.7. The molecule has 1 aliphatic heterocycles. The van der Waals surface area contributed by atoms with Gasteiger partial charge in [0.25, 0.3) is 5.91 Å². The van der Waals surface area contributed by atoms with Crippen LogP contribution in [0.25, 0.3) is 6.08 Å². The Morgan fingerprint density at radius 3 is 2.59 bits per heavy atom. The number of hydrogen-bond acceptors (Lipinski definition) is 4. The van der Waals surface area contributed by atoms with Crippen molar-refractivity contribution in [2.24, 2.45) is 0 Å². The van der Waals surface area contributed by atoms with E-state index in [1.165, 1.54) is 11.8 Å². The van der Waals surface area contributed by atoms with Crippen LogP contribution in [0.15, 0.2) is 59.5 Å². The van der Waals surface area contributed by atoms with Crippen LogP contribution >= 0.6 is 11.8 Å². The number of thioether (sulfide) groups is 1. The van der Waals surface area contributed by atoms with Crippen molar-refractivity contribution < 1.29 is 14.0 Å². The van der Waals surface area contributed by atoms with Crippen molar-refractivity contribution in [2.75, 3.05) is 31.1 Å². The number of anilines is 1. The normalized spacial score (nSPS) is 20.5. The number of unbranched alkanes of at least 4 members (excludes halogenated alkanes) is 1. The molecule has 2 amide bonds. The molecule has 2 aliphatic rings. The number of halogens is 1. The highest BCUT2D eigenvalue weighted by Gasteiger charge is 2.41. The molecule has 7 heteroatoms. The SMILES string of the molecule is CCCCN(CCCNC(=O)CN1C(=O)/C(=C/c2ccccc2F)SC2CCCCC21)c1ccccc1. The molecule has 1 N–H and O–H groups in total. The van der Waals surface area contributed by atoms with Crippen molar-refractivity contribution in [1.82, 2.24) is 10.2 Å². The Kier molecular flexibility index (Phi) is 10.1. The van der Waals surface area contributed by atoms with E-state index in [1.54, 1.807) is 40.9 Å². The second-order valence-corrected chi connectivity index (χ2v) is 11.1. The van der Waals surface area contributed by atoms with Gasteiger partial charge in [-0.05, 0) is 50.0 Å². The number of benzene rings is 2. The minimum atomic E-state index is -0.345. The second-order valence-electron chi connectivity index (χ2n) is 9.85. The summed E-state index contributed by atoms with van der Waals surface area (Å²) in [5, 5.41) is 3.28. The average molecular weight is 524 g/mol. The molecule has 5 nitrogen and oxygen atoms in total. The van der Waals surface area contributed by atoms with Gasteiger partial charge in [0.1, 0.15) is 12.4 Å². The molecule has 0 radical (unpaired) electrons. The predicted molar refractivity (Wildman–Crippen MR) is 151 cm³/mol. The van der Waals surface area contributed by atoms with Crippen LogP contribution in [0.1, 0.15) is 57.4 Å². The third kappa shape index (κ3) is 7.37. The van der Waals surface area contributed by atoms with Crippen LogP contribution in [0.2, 0.25) is 0 Å². The fourth-order valence-electron chi connectivity index (χ4n) is 5.16. The van der Waals surface area contributed by atoms with Crippen LogP contribution in [0.3, 0.4) is 0 Å². The number of amides is 2. The predicted octanol–water partition coefficient (Wildman–Crippen LogP) is 5.87. The zero-order valence-corrected chi connectivity index (χ0v) is 22.5. The Morgan fingerprint density at radius 2 is 1.81 bits per heavy atom. The van der Waals surface area contributed by atoms with Crippen molar-refractivity contribution in [3.8, 4) is 0 Å². The van der Waals surface area contributed by atoms with Gasteiger partial charge in [-0.3, -0.25) is 9.59 Å². The molecule has 2 unspecified atom stereocenters. The summed E-state index contributed by atoms with van der Waals surface area (Å²) in [5.74, 6) is -0.641. The molecule has 2 atom stereocenters. The van der Waals surface area contributed by atoms with Gasteiger partial charge in [0.2, 0.25) is 5.91 Å².